The topological polar surface area (TPSA) is 56.7 Å². The van der Waals surface area contributed by atoms with Gasteiger partial charge in [-0.2, -0.15) is 0 Å². The van der Waals surface area contributed by atoms with Crippen LogP contribution in [0.5, 0.6) is 0 Å². The molecule has 1 saturated heterocycles. The highest BCUT2D eigenvalue weighted by molar-refractivity contribution is 14.0. The van der Waals surface area contributed by atoms with E-state index in [1.54, 1.807) is 0 Å². The Kier molecular flexibility index (Phi) is 10.2. The van der Waals surface area contributed by atoms with E-state index in [1.165, 1.54) is 5.56 Å². The third-order valence-electron chi connectivity index (χ3n) is 5.13. The van der Waals surface area contributed by atoms with Crippen molar-refractivity contribution < 1.29 is 13.6 Å². The summed E-state index contributed by atoms with van der Waals surface area (Å²) in [6, 6.07) is 13.5. The zero-order chi connectivity index (χ0) is 21.3. The van der Waals surface area contributed by atoms with Gasteiger partial charge < -0.3 is 15.5 Å². The third-order valence-corrected chi connectivity index (χ3v) is 5.13. The van der Waals surface area contributed by atoms with Gasteiger partial charge in [-0.15, -0.1) is 24.0 Å². The molecule has 1 amide bonds. The van der Waals surface area contributed by atoms with E-state index in [1.807, 2.05) is 30.0 Å². The fraction of sp³-hybridized carbons (Fsp3) is 0.391. The smallest absolute Gasteiger partial charge is 0.223 e. The van der Waals surface area contributed by atoms with Crippen molar-refractivity contribution in [2.24, 2.45) is 10.9 Å². The molecule has 1 aliphatic heterocycles. The van der Waals surface area contributed by atoms with E-state index in [0.29, 0.717) is 38.6 Å². The molecule has 0 radical (unpaired) electrons. The molecule has 0 saturated carbocycles. The molecule has 0 aromatic heterocycles. The number of carbonyl (C=O) groups is 1. The number of aliphatic imine (C=N–C) groups is 1. The van der Waals surface area contributed by atoms with Crippen LogP contribution in [0.15, 0.2) is 53.5 Å². The molecule has 1 aliphatic rings. The van der Waals surface area contributed by atoms with Crippen LogP contribution in [-0.2, 0) is 17.8 Å². The van der Waals surface area contributed by atoms with Gasteiger partial charge in [0.25, 0.3) is 0 Å². The number of carbonyl (C=O) groups excluding carboxylic acids is 1. The number of likely N-dealkylation sites (tertiary alicyclic amines) is 1. The van der Waals surface area contributed by atoms with Gasteiger partial charge in [0, 0.05) is 44.1 Å². The van der Waals surface area contributed by atoms with Crippen molar-refractivity contribution in [2.75, 3.05) is 26.2 Å². The predicted octanol–water partition coefficient (Wildman–Crippen LogP) is 3.73. The second kappa shape index (κ2) is 12.6. The normalized spacial score (nSPS) is 16.2. The largest absolute Gasteiger partial charge is 0.357 e. The number of amides is 1. The van der Waals surface area contributed by atoms with Gasteiger partial charge >= 0.3 is 0 Å². The Morgan fingerprint density at radius 1 is 1.16 bits per heavy atom. The molecule has 1 heterocycles. The molecule has 2 aromatic carbocycles. The summed E-state index contributed by atoms with van der Waals surface area (Å²) in [4.78, 5) is 18.6. The summed E-state index contributed by atoms with van der Waals surface area (Å²) in [5.41, 5.74) is 1.42. The number of halogens is 3. The number of hydrogen-bond donors (Lipinski definition) is 2. The zero-order valence-corrected chi connectivity index (χ0v) is 19.9. The van der Waals surface area contributed by atoms with Gasteiger partial charge in [-0.1, -0.05) is 30.3 Å². The lowest BCUT2D eigenvalue weighted by molar-refractivity contribution is -0.127. The van der Waals surface area contributed by atoms with Crippen molar-refractivity contribution in [3.8, 4) is 0 Å². The van der Waals surface area contributed by atoms with Crippen molar-refractivity contribution >= 4 is 35.8 Å². The molecular weight excluding hydrogens is 513 g/mol. The lowest BCUT2D eigenvalue weighted by Crippen LogP contribution is -2.40. The van der Waals surface area contributed by atoms with Crippen LogP contribution in [0.1, 0.15) is 24.5 Å². The second-order valence-corrected chi connectivity index (χ2v) is 7.46. The maximum atomic E-state index is 13.8. The Balaban J connectivity index is 0.00000341. The quantitative estimate of drug-likeness (QED) is 0.304. The fourth-order valence-corrected chi connectivity index (χ4v) is 3.53. The van der Waals surface area contributed by atoms with Crippen LogP contribution >= 0.6 is 24.0 Å². The minimum absolute atomic E-state index is 0. The van der Waals surface area contributed by atoms with Gasteiger partial charge in [-0.3, -0.25) is 4.79 Å². The van der Waals surface area contributed by atoms with Crippen molar-refractivity contribution in [1.82, 2.24) is 15.5 Å². The molecule has 0 aliphatic carbocycles. The number of benzene rings is 2. The van der Waals surface area contributed by atoms with E-state index in [9.17, 15) is 13.6 Å². The van der Waals surface area contributed by atoms with E-state index in [4.69, 9.17) is 0 Å². The van der Waals surface area contributed by atoms with Crippen molar-refractivity contribution in [1.29, 1.82) is 0 Å². The monoisotopic (exact) mass is 542 g/mol. The first-order valence-electron chi connectivity index (χ1n) is 10.3. The van der Waals surface area contributed by atoms with Gasteiger partial charge in [0.05, 0.1) is 6.54 Å². The Hall–Kier alpha value is -2.23. The standard InChI is InChI=1S/C23H28F2N4O.HI/c1-2-26-23(28-15-19-13-20(24)8-9-21(19)25)27-14-18-12-22(30)29(16-18)11-10-17-6-4-3-5-7-17;/h3-9,13,18H,2,10-12,14-16H2,1H3,(H2,26,27,28);1H. The lowest BCUT2D eigenvalue weighted by atomic mass is 10.1. The lowest BCUT2D eigenvalue weighted by Gasteiger charge is -2.18. The SMILES string of the molecule is CCNC(=NCc1cc(F)ccc1F)NCC1CC(=O)N(CCc2ccccc2)C1.I. The first-order valence-corrected chi connectivity index (χ1v) is 10.3. The Bertz CT molecular complexity index is 879. The minimum atomic E-state index is -0.486. The molecule has 2 N–H and O–H groups in total. The van der Waals surface area contributed by atoms with E-state index in [0.717, 1.165) is 24.6 Å². The average Bonchev–Trinajstić information content (AvgIpc) is 3.11. The van der Waals surface area contributed by atoms with Crippen LogP contribution in [0.25, 0.3) is 0 Å². The molecule has 2 aromatic rings. The van der Waals surface area contributed by atoms with Crippen molar-refractivity contribution in [2.45, 2.75) is 26.3 Å². The Morgan fingerprint density at radius 2 is 1.94 bits per heavy atom. The maximum absolute atomic E-state index is 13.8. The summed E-state index contributed by atoms with van der Waals surface area (Å²) in [5.74, 6) is -0.0908. The molecule has 168 valence electrons. The molecule has 1 fully saturated rings. The Morgan fingerprint density at radius 3 is 2.68 bits per heavy atom. The maximum Gasteiger partial charge on any atom is 0.223 e. The molecule has 5 nitrogen and oxygen atoms in total. The van der Waals surface area contributed by atoms with Crippen molar-refractivity contribution in [3.63, 3.8) is 0 Å². The highest BCUT2D eigenvalue weighted by Gasteiger charge is 2.29. The number of nitrogens with one attached hydrogen (secondary N) is 2. The van der Waals surface area contributed by atoms with E-state index < -0.39 is 11.6 Å². The fourth-order valence-electron chi connectivity index (χ4n) is 3.53. The molecule has 1 atom stereocenters. The van der Waals surface area contributed by atoms with Crippen LogP contribution in [0.3, 0.4) is 0 Å². The van der Waals surface area contributed by atoms with Crippen LogP contribution in [0.2, 0.25) is 0 Å². The summed E-state index contributed by atoms with van der Waals surface area (Å²) in [7, 11) is 0. The molecule has 1 unspecified atom stereocenters. The van der Waals surface area contributed by atoms with E-state index in [-0.39, 0.29) is 47.9 Å². The second-order valence-electron chi connectivity index (χ2n) is 7.46. The van der Waals surface area contributed by atoms with Crippen LogP contribution < -0.4 is 10.6 Å². The average molecular weight is 542 g/mol. The number of hydrogen-bond acceptors (Lipinski definition) is 2. The van der Waals surface area contributed by atoms with Crippen molar-refractivity contribution in [3.05, 3.63) is 71.3 Å². The number of guanidine groups is 1. The highest BCUT2D eigenvalue weighted by Crippen LogP contribution is 2.18. The third kappa shape index (κ3) is 7.75. The zero-order valence-electron chi connectivity index (χ0n) is 17.6. The van der Waals surface area contributed by atoms with Gasteiger partial charge in [-0.25, -0.2) is 13.8 Å². The molecule has 0 spiro atoms. The van der Waals surface area contributed by atoms with Gasteiger partial charge in [0.15, 0.2) is 5.96 Å². The first-order chi connectivity index (χ1) is 14.5. The Labute approximate surface area is 199 Å². The van der Waals surface area contributed by atoms with Gasteiger partial charge in [0.2, 0.25) is 5.91 Å². The summed E-state index contributed by atoms with van der Waals surface area (Å²) in [6.07, 6.45) is 1.34. The van der Waals surface area contributed by atoms with Crippen LogP contribution in [0.4, 0.5) is 8.78 Å². The molecule has 3 rings (SSSR count). The van der Waals surface area contributed by atoms with Crippen LogP contribution in [-0.4, -0.2) is 42.9 Å². The number of rotatable bonds is 8. The van der Waals surface area contributed by atoms with Gasteiger partial charge in [0.1, 0.15) is 11.6 Å². The summed E-state index contributed by atoms with van der Waals surface area (Å²) >= 11 is 0. The molecule has 31 heavy (non-hydrogen) atoms. The van der Waals surface area contributed by atoms with Gasteiger partial charge in [-0.05, 0) is 37.1 Å². The van der Waals surface area contributed by atoms with E-state index >= 15 is 0 Å². The molecule has 8 heteroatoms. The van der Waals surface area contributed by atoms with Crippen LogP contribution in [0, 0.1) is 17.6 Å². The predicted molar refractivity (Wildman–Crippen MR) is 129 cm³/mol. The molecular formula is C23H29F2IN4O. The molecule has 0 bridgehead atoms. The summed E-state index contributed by atoms with van der Waals surface area (Å²) in [6.45, 7) is 4.62. The summed E-state index contributed by atoms with van der Waals surface area (Å²) < 4.78 is 27.1. The number of nitrogens with zero attached hydrogens (tertiary/aromatic N) is 2. The first kappa shape index (κ1) is 25.0. The summed E-state index contributed by atoms with van der Waals surface area (Å²) in [5, 5.41) is 6.33. The highest BCUT2D eigenvalue weighted by atomic mass is 127. The minimum Gasteiger partial charge on any atom is -0.357 e. The van der Waals surface area contributed by atoms with E-state index in [2.05, 4.69) is 27.8 Å².